The molecule has 0 fully saturated rings. The van der Waals surface area contributed by atoms with Gasteiger partial charge in [0.15, 0.2) is 0 Å². The first kappa shape index (κ1) is 24.7. The van der Waals surface area contributed by atoms with Crippen LogP contribution in [-0.2, 0) is 4.79 Å². The number of urea groups is 1. The van der Waals surface area contributed by atoms with Crippen LogP contribution in [0.3, 0.4) is 0 Å². The lowest BCUT2D eigenvalue weighted by atomic mass is 9.98. The van der Waals surface area contributed by atoms with Crippen molar-refractivity contribution in [3.8, 4) is 10.6 Å². The van der Waals surface area contributed by atoms with Crippen LogP contribution in [0.2, 0.25) is 5.02 Å². The molecule has 9 heteroatoms. The molecule has 0 radical (unpaired) electrons. The maximum atomic E-state index is 13.0. The second-order valence-electron chi connectivity index (χ2n) is 8.15. The molecule has 0 bridgehead atoms. The Balaban J connectivity index is 1.65. The Bertz CT molecular complexity index is 1100. The van der Waals surface area contributed by atoms with Crippen molar-refractivity contribution in [3.63, 3.8) is 0 Å². The number of amides is 3. The third-order valence-corrected chi connectivity index (χ3v) is 6.47. The fourth-order valence-corrected chi connectivity index (χ4v) is 4.09. The second kappa shape index (κ2) is 11.2. The minimum Gasteiger partial charge on any atom is -0.326 e. The summed E-state index contributed by atoms with van der Waals surface area (Å²) in [4.78, 5) is 25.6. The average molecular weight is 486 g/mol. The Morgan fingerprint density at radius 1 is 1.03 bits per heavy atom. The van der Waals surface area contributed by atoms with Gasteiger partial charge in [-0.1, -0.05) is 81.3 Å². The molecular formula is C24H28ClN5O2S. The molecule has 0 saturated carbocycles. The Kier molecular flexibility index (Phi) is 8.41. The summed E-state index contributed by atoms with van der Waals surface area (Å²) in [6.45, 7) is 8.11. The third kappa shape index (κ3) is 6.76. The van der Waals surface area contributed by atoms with Crippen molar-refractivity contribution < 1.29 is 9.59 Å². The van der Waals surface area contributed by atoms with E-state index >= 15 is 0 Å². The number of hydrogen-bond acceptors (Lipinski definition) is 5. The van der Waals surface area contributed by atoms with Gasteiger partial charge in [-0.3, -0.25) is 10.1 Å². The highest BCUT2D eigenvalue weighted by Gasteiger charge is 2.27. The van der Waals surface area contributed by atoms with Crippen molar-refractivity contribution in [3.05, 3.63) is 59.1 Å². The van der Waals surface area contributed by atoms with Crippen LogP contribution in [0.25, 0.3) is 10.6 Å². The Morgan fingerprint density at radius 2 is 1.76 bits per heavy atom. The van der Waals surface area contributed by atoms with Gasteiger partial charge in [-0.05, 0) is 41.7 Å². The van der Waals surface area contributed by atoms with Gasteiger partial charge < -0.3 is 10.6 Å². The lowest BCUT2D eigenvalue weighted by Gasteiger charge is -2.23. The largest absolute Gasteiger partial charge is 0.326 e. The van der Waals surface area contributed by atoms with Crippen LogP contribution < -0.4 is 16.0 Å². The molecule has 0 saturated heterocycles. The molecule has 1 heterocycles. The van der Waals surface area contributed by atoms with Crippen molar-refractivity contribution in [1.82, 2.24) is 15.5 Å². The van der Waals surface area contributed by atoms with E-state index in [0.29, 0.717) is 33.2 Å². The number of anilines is 2. The molecule has 3 aromatic rings. The molecule has 0 unspecified atom stereocenters. The van der Waals surface area contributed by atoms with Gasteiger partial charge in [-0.25, -0.2) is 4.79 Å². The summed E-state index contributed by atoms with van der Waals surface area (Å²) in [5.41, 5.74) is 2.67. The van der Waals surface area contributed by atoms with E-state index in [2.05, 4.69) is 40.0 Å². The van der Waals surface area contributed by atoms with Gasteiger partial charge in [-0.2, -0.15) is 0 Å². The van der Waals surface area contributed by atoms with E-state index in [-0.39, 0.29) is 11.8 Å². The molecule has 0 aliphatic heterocycles. The first-order valence-corrected chi connectivity index (χ1v) is 12.0. The number of benzene rings is 2. The monoisotopic (exact) mass is 485 g/mol. The van der Waals surface area contributed by atoms with E-state index in [4.69, 9.17) is 11.6 Å². The van der Waals surface area contributed by atoms with Gasteiger partial charge in [0.1, 0.15) is 11.0 Å². The molecule has 0 aliphatic rings. The topological polar surface area (TPSA) is 96.0 Å². The molecule has 0 spiro atoms. The highest BCUT2D eigenvalue weighted by atomic mass is 35.5. The predicted octanol–water partition coefficient (Wildman–Crippen LogP) is 6.16. The van der Waals surface area contributed by atoms with Crippen LogP contribution in [0.4, 0.5) is 15.6 Å². The maximum absolute atomic E-state index is 13.0. The van der Waals surface area contributed by atoms with E-state index in [1.165, 1.54) is 16.9 Å². The number of hydrogen-bond donors (Lipinski definition) is 3. The summed E-state index contributed by atoms with van der Waals surface area (Å²) in [5.74, 6) is -0.0195. The highest BCUT2D eigenvalue weighted by Crippen LogP contribution is 2.28. The van der Waals surface area contributed by atoms with Crippen LogP contribution in [0.5, 0.6) is 0 Å². The third-order valence-electron chi connectivity index (χ3n) is 5.34. The highest BCUT2D eigenvalue weighted by molar-refractivity contribution is 7.18. The summed E-state index contributed by atoms with van der Waals surface area (Å²) in [5, 5.41) is 18.2. The van der Waals surface area contributed by atoms with E-state index in [1.54, 1.807) is 12.1 Å². The minimum absolute atomic E-state index is 0.0839. The van der Waals surface area contributed by atoms with Crippen LogP contribution in [0.1, 0.15) is 45.6 Å². The normalized spacial score (nSPS) is 12.8. The molecule has 3 amide bonds. The maximum Gasteiger partial charge on any atom is 0.319 e. The van der Waals surface area contributed by atoms with Crippen LogP contribution in [-0.4, -0.2) is 28.2 Å². The first-order valence-electron chi connectivity index (χ1n) is 10.8. The number of carbonyl (C=O) groups excluding carboxylic acids is 2. The quantitative estimate of drug-likeness (QED) is 0.356. The number of rotatable bonds is 8. The molecule has 1 aromatic heterocycles. The Morgan fingerprint density at radius 3 is 2.39 bits per heavy atom. The zero-order valence-corrected chi connectivity index (χ0v) is 20.6. The number of nitrogens with one attached hydrogen (secondary N) is 3. The Labute approximate surface area is 203 Å². The standard InChI is InChI=1S/C24H28ClN5O2S/c1-5-15(4)20(27-23(32)26-19-11-9-16(10-12-19)14(2)3)21(31)28-24-30-29-22(33-24)17-7-6-8-18(25)13-17/h6-15,20H,5H2,1-4H3,(H2,26,27,32)(H,28,30,31)/t15-,20+/m1/s1. The van der Waals surface area contributed by atoms with Crippen molar-refractivity contribution in [2.45, 2.75) is 46.1 Å². The lowest BCUT2D eigenvalue weighted by Crippen LogP contribution is -2.49. The van der Waals surface area contributed by atoms with E-state index in [9.17, 15) is 9.59 Å². The van der Waals surface area contributed by atoms with Crippen molar-refractivity contribution in [1.29, 1.82) is 0 Å². The molecule has 0 aliphatic carbocycles. The summed E-state index contributed by atoms with van der Waals surface area (Å²) in [6.07, 6.45) is 0.714. The SMILES string of the molecule is CC[C@@H](C)[C@H](NC(=O)Nc1ccc(C(C)C)cc1)C(=O)Nc1nnc(-c2cccc(Cl)c2)s1. The van der Waals surface area contributed by atoms with Gasteiger partial charge >= 0.3 is 6.03 Å². The summed E-state index contributed by atoms with van der Waals surface area (Å²) in [6, 6.07) is 13.8. The fourth-order valence-electron chi connectivity index (χ4n) is 3.16. The lowest BCUT2D eigenvalue weighted by molar-refractivity contribution is -0.119. The van der Waals surface area contributed by atoms with Crippen molar-refractivity contribution in [2.24, 2.45) is 5.92 Å². The van der Waals surface area contributed by atoms with Gasteiger partial charge in [0.05, 0.1) is 0 Å². The summed E-state index contributed by atoms with van der Waals surface area (Å²) < 4.78 is 0. The van der Waals surface area contributed by atoms with Gasteiger partial charge in [-0.15, -0.1) is 10.2 Å². The van der Waals surface area contributed by atoms with Gasteiger partial charge in [0.25, 0.3) is 0 Å². The van der Waals surface area contributed by atoms with Crippen molar-refractivity contribution >= 4 is 45.7 Å². The number of aromatic nitrogens is 2. The molecular weight excluding hydrogens is 458 g/mol. The molecule has 7 nitrogen and oxygen atoms in total. The fraction of sp³-hybridized carbons (Fsp3) is 0.333. The van der Waals surface area contributed by atoms with E-state index in [1.807, 2.05) is 50.2 Å². The van der Waals surface area contributed by atoms with E-state index in [0.717, 1.165) is 5.56 Å². The minimum atomic E-state index is -0.733. The molecule has 3 rings (SSSR count). The Hall–Kier alpha value is -2.97. The predicted molar refractivity (Wildman–Crippen MR) is 135 cm³/mol. The molecule has 2 atom stereocenters. The number of nitrogens with zero attached hydrogens (tertiary/aromatic N) is 2. The van der Waals surface area contributed by atoms with Crippen LogP contribution in [0, 0.1) is 5.92 Å². The first-order chi connectivity index (χ1) is 15.8. The number of halogens is 1. The zero-order chi connectivity index (χ0) is 24.0. The molecule has 2 aromatic carbocycles. The van der Waals surface area contributed by atoms with Crippen LogP contribution in [0.15, 0.2) is 48.5 Å². The van der Waals surface area contributed by atoms with E-state index < -0.39 is 12.1 Å². The van der Waals surface area contributed by atoms with Crippen LogP contribution >= 0.6 is 22.9 Å². The second-order valence-corrected chi connectivity index (χ2v) is 9.56. The average Bonchev–Trinajstić information content (AvgIpc) is 3.25. The molecule has 174 valence electrons. The zero-order valence-electron chi connectivity index (χ0n) is 19.1. The smallest absolute Gasteiger partial charge is 0.319 e. The van der Waals surface area contributed by atoms with Gasteiger partial charge in [0.2, 0.25) is 11.0 Å². The summed E-state index contributed by atoms with van der Waals surface area (Å²) >= 11 is 7.29. The van der Waals surface area contributed by atoms with Crippen molar-refractivity contribution in [2.75, 3.05) is 10.6 Å². The molecule has 3 N–H and O–H groups in total. The molecule has 33 heavy (non-hydrogen) atoms. The number of carbonyl (C=O) groups is 2. The summed E-state index contributed by atoms with van der Waals surface area (Å²) in [7, 11) is 0. The van der Waals surface area contributed by atoms with Gasteiger partial charge in [0, 0.05) is 16.3 Å².